The van der Waals surface area contributed by atoms with E-state index in [9.17, 15) is 18.0 Å². The number of amides is 2. The van der Waals surface area contributed by atoms with Crippen LogP contribution in [-0.2, 0) is 12.6 Å². The van der Waals surface area contributed by atoms with E-state index < -0.39 is 17.8 Å². The molecule has 12 heteroatoms. The number of aryl methyl sites for hydroxylation is 1. The molecule has 0 aliphatic heterocycles. The van der Waals surface area contributed by atoms with Crippen molar-refractivity contribution in [2.24, 2.45) is 0 Å². The van der Waals surface area contributed by atoms with Gasteiger partial charge < -0.3 is 20.9 Å². The number of anilines is 3. The number of carbonyl (C=O) groups is 1. The number of nitrogens with zero attached hydrogens (tertiary/aromatic N) is 5. The zero-order valence-corrected chi connectivity index (χ0v) is 20.6. The van der Waals surface area contributed by atoms with Gasteiger partial charge in [-0.2, -0.15) is 13.2 Å². The van der Waals surface area contributed by atoms with Crippen molar-refractivity contribution in [3.8, 4) is 5.69 Å². The van der Waals surface area contributed by atoms with Gasteiger partial charge in [-0.15, -0.1) is 0 Å². The summed E-state index contributed by atoms with van der Waals surface area (Å²) in [7, 11) is 5.56. The summed E-state index contributed by atoms with van der Waals surface area (Å²) in [5, 5.41) is 8.15. The third kappa shape index (κ3) is 6.33. The van der Waals surface area contributed by atoms with Crippen molar-refractivity contribution in [3.05, 3.63) is 66.2 Å². The molecule has 0 fully saturated rings. The molecule has 2 amide bonds. The number of carbonyl (C=O) groups excluding carboxylic acids is 1. The number of benzene rings is 2. The largest absolute Gasteiger partial charge is 0.416 e. The molecule has 0 radical (unpaired) electrons. The Hall–Kier alpha value is -4.19. The first kappa shape index (κ1) is 25.9. The van der Waals surface area contributed by atoms with Crippen LogP contribution in [0.2, 0.25) is 0 Å². The predicted octanol–water partition coefficient (Wildman–Crippen LogP) is 5.01. The fourth-order valence-electron chi connectivity index (χ4n) is 3.88. The van der Waals surface area contributed by atoms with Crippen LogP contribution >= 0.6 is 0 Å². The van der Waals surface area contributed by atoms with Crippen LogP contribution < -0.4 is 16.0 Å². The molecule has 2 heterocycles. The molecule has 2 aromatic heterocycles. The monoisotopic (exact) mass is 512 g/mol. The average Bonchev–Trinajstić information content (AvgIpc) is 3.28. The summed E-state index contributed by atoms with van der Waals surface area (Å²) in [5.74, 6) is 0.606. The third-order valence-electron chi connectivity index (χ3n) is 5.62. The summed E-state index contributed by atoms with van der Waals surface area (Å²) in [6.07, 6.45) is -0.297. The van der Waals surface area contributed by atoms with E-state index in [0.29, 0.717) is 41.1 Å². The molecule has 9 nitrogen and oxygen atoms in total. The van der Waals surface area contributed by atoms with Gasteiger partial charge in [0.15, 0.2) is 17.0 Å². The molecule has 0 spiro atoms. The molecule has 0 aliphatic rings. The Kier molecular flexibility index (Phi) is 7.58. The smallest absolute Gasteiger partial charge is 0.371 e. The highest BCUT2D eigenvalue weighted by Gasteiger charge is 2.31. The van der Waals surface area contributed by atoms with Crippen LogP contribution in [0.4, 0.5) is 35.2 Å². The average molecular weight is 513 g/mol. The van der Waals surface area contributed by atoms with Crippen LogP contribution in [-0.4, -0.2) is 58.1 Å². The van der Waals surface area contributed by atoms with Gasteiger partial charge in [0.2, 0.25) is 0 Å². The highest BCUT2D eigenvalue weighted by Crippen LogP contribution is 2.32. The zero-order chi connectivity index (χ0) is 26.6. The quantitative estimate of drug-likeness (QED) is 0.307. The lowest BCUT2D eigenvalue weighted by atomic mass is 10.0. The normalized spacial score (nSPS) is 11.6. The minimum Gasteiger partial charge on any atom is -0.371 e. The maximum Gasteiger partial charge on any atom is 0.416 e. The summed E-state index contributed by atoms with van der Waals surface area (Å²) in [6, 6.07) is 9.88. The lowest BCUT2D eigenvalue weighted by Crippen LogP contribution is -2.20. The summed E-state index contributed by atoms with van der Waals surface area (Å²) < 4.78 is 42.0. The molecule has 0 atom stereocenters. The molecule has 3 N–H and O–H groups in total. The van der Waals surface area contributed by atoms with E-state index in [1.165, 1.54) is 6.33 Å². The second-order valence-electron chi connectivity index (χ2n) is 8.71. The minimum atomic E-state index is -4.52. The van der Waals surface area contributed by atoms with Gasteiger partial charge in [0.05, 0.1) is 5.56 Å². The van der Waals surface area contributed by atoms with Gasteiger partial charge in [0, 0.05) is 24.1 Å². The van der Waals surface area contributed by atoms with Crippen LogP contribution in [0.3, 0.4) is 0 Å². The van der Waals surface area contributed by atoms with Crippen LogP contribution in [0.25, 0.3) is 16.9 Å². The highest BCUT2D eigenvalue weighted by molar-refractivity contribution is 6.00. The van der Waals surface area contributed by atoms with Crippen molar-refractivity contribution in [3.63, 3.8) is 0 Å². The topological polar surface area (TPSA) is 100 Å². The predicted molar refractivity (Wildman–Crippen MR) is 137 cm³/mol. The number of alkyl halides is 3. The number of nitrogens with one attached hydrogen (secondary N) is 3. The van der Waals surface area contributed by atoms with E-state index in [1.54, 1.807) is 48.3 Å². The number of hydrogen-bond acceptors (Lipinski definition) is 6. The number of hydrogen-bond donors (Lipinski definition) is 3. The molecule has 0 saturated heterocycles. The Morgan fingerprint density at radius 3 is 2.41 bits per heavy atom. The Labute approximate surface area is 211 Å². The first-order valence-corrected chi connectivity index (χ1v) is 11.5. The molecule has 2 aromatic carbocycles. The Morgan fingerprint density at radius 1 is 1.00 bits per heavy atom. The summed E-state index contributed by atoms with van der Waals surface area (Å²) in [6.45, 7) is 0.744. The van der Waals surface area contributed by atoms with Gasteiger partial charge in [0.25, 0.3) is 0 Å². The van der Waals surface area contributed by atoms with Gasteiger partial charge in [-0.3, -0.25) is 4.57 Å². The van der Waals surface area contributed by atoms with E-state index in [2.05, 4.69) is 30.9 Å². The molecule has 194 valence electrons. The lowest BCUT2D eigenvalue weighted by Gasteiger charge is -2.15. The van der Waals surface area contributed by atoms with E-state index in [4.69, 9.17) is 0 Å². The fourth-order valence-corrected chi connectivity index (χ4v) is 3.88. The summed E-state index contributed by atoms with van der Waals surface area (Å²) in [4.78, 5) is 27.3. The van der Waals surface area contributed by atoms with Gasteiger partial charge >= 0.3 is 12.2 Å². The van der Waals surface area contributed by atoms with Crippen LogP contribution in [0.5, 0.6) is 0 Å². The number of fused-ring (bicyclic) bond motifs is 1. The van der Waals surface area contributed by atoms with Crippen LogP contribution in [0.1, 0.15) is 17.5 Å². The molecule has 0 saturated carbocycles. The maximum absolute atomic E-state index is 13.4. The van der Waals surface area contributed by atoms with Crippen molar-refractivity contribution in [2.45, 2.75) is 19.0 Å². The van der Waals surface area contributed by atoms with Crippen molar-refractivity contribution in [1.82, 2.24) is 24.4 Å². The van der Waals surface area contributed by atoms with E-state index >= 15 is 0 Å². The second kappa shape index (κ2) is 10.8. The van der Waals surface area contributed by atoms with Crippen molar-refractivity contribution in [1.29, 1.82) is 0 Å². The van der Waals surface area contributed by atoms with Gasteiger partial charge in [-0.25, -0.2) is 19.7 Å². The number of halogens is 3. The standard InChI is InChI=1S/C25H27F3N8O/c1-29-22-21-23(31-14-30-22)36(15-32-21)20-8-6-18(7-9-20)33-24(37)34-19-12-16(5-4-10-35(2)3)11-17(13-19)25(26,27)28/h6-9,11-15H,4-5,10H2,1-3H3,(H,29,30,31)(H2,33,34,37). The number of rotatable bonds is 8. The van der Waals surface area contributed by atoms with E-state index in [-0.39, 0.29) is 5.69 Å². The second-order valence-corrected chi connectivity index (χ2v) is 8.71. The van der Waals surface area contributed by atoms with Crippen molar-refractivity contribution in [2.75, 3.05) is 43.6 Å². The fraction of sp³-hybridized carbons (Fsp3) is 0.280. The number of aromatic nitrogens is 4. The maximum atomic E-state index is 13.4. The Balaban J connectivity index is 1.46. The molecule has 0 unspecified atom stereocenters. The molecule has 37 heavy (non-hydrogen) atoms. The number of urea groups is 1. The highest BCUT2D eigenvalue weighted by atomic mass is 19.4. The van der Waals surface area contributed by atoms with Crippen molar-refractivity contribution >= 4 is 34.4 Å². The summed E-state index contributed by atoms with van der Waals surface area (Å²) >= 11 is 0. The summed E-state index contributed by atoms with van der Waals surface area (Å²) in [5.41, 5.74) is 2.25. The first-order valence-electron chi connectivity index (χ1n) is 11.5. The van der Waals surface area contributed by atoms with Gasteiger partial charge in [-0.1, -0.05) is 0 Å². The van der Waals surface area contributed by atoms with E-state index in [0.717, 1.165) is 24.4 Å². The third-order valence-corrected chi connectivity index (χ3v) is 5.62. The Bertz CT molecular complexity index is 1380. The van der Waals surface area contributed by atoms with Gasteiger partial charge in [0.1, 0.15) is 12.7 Å². The molecule has 0 bridgehead atoms. The van der Waals surface area contributed by atoms with Crippen LogP contribution in [0.15, 0.2) is 55.1 Å². The first-order chi connectivity index (χ1) is 17.6. The van der Waals surface area contributed by atoms with Gasteiger partial charge in [-0.05, 0) is 81.5 Å². The molecule has 0 aliphatic carbocycles. The lowest BCUT2D eigenvalue weighted by molar-refractivity contribution is -0.137. The number of imidazole rings is 1. The molecular formula is C25H27F3N8O. The molecule has 4 rings (SSSR count). The Morgan fingerprint density at radius 2 is 1.73 bits per heavy atom. The van der Waals surface area contributed by atoms with Crippen molar-refractivity contribution < 1.29 is 18.0 Å². The SMILES string of the molecule is CNc1ncnc2c1ncn2-c1ccc(NC(=O)Nc2cc(CCCN(C)C)cc(C(F)(F)F)c2)cc1. The zero-order valence-electron chi connectivity index (χ0n) is 20.6. The molecule has 4 aromatic rings. The molecular weight excluding hydrogens is 485 g/mol. The van der Waals surface area contributed by atoms with Crippen LogP contribution in [0, 0.1) is 0 Å². The van der Waals surface area contributed by atoms with E-state index in [1.807, 2.05) is 19.0 Å². The minimum absolute atomic E-state index is 0.0775.